The predicted molar refractivity (Wildman–Crippen MR) is 163 cm³/mol. The van der Waals surface area contributed by atoms with E-state index in [1.165, 1.54) is 11.9 Å². The van der Waals surface area contributed by atoms with Gasteiger partial charge in [0.2, 0.25) is 21.8 Å². The zero-order chi connectivity index (χ0) is 29.6. The molecule has 0 aliphatic rings. The summed E-state index contributed by atoms with van der Waals surface area (Å²) < 4.78 is 28.2. The van der Waals surface area contributed by atoms with Crippen LogP contribution in [0.5, 0.6) is 0 Å². The number of rotatable bonds is 11. The highest BCUT2D eigenvalue weighted by Crippen LogP contribution is 2.23. The van der Waals surface area contributed by atoms with E-state index < -0.39 is 28.5 Å². The van der Waals surface area contributed by atoms with Gasteiger partial charge in [0.25, 0.3) is 0 Å². The van der Waals surface area contributed by atoms with Crippen LogP contribution in [0.3, 0.4) is 0 Å². The number of likely N-dealkylation sites (N-methyl/N-ethyl adjacent to an activating group) is 1. The summed E-state index contributed by atoms with van der Waals surface area (Å²) in [5.41, 5.74) is 2.76. The number of nitrogens with zero attached hydrogens (tertiary/aromatic N) is 2. The van der Waals surface area contributed by atoms with Crippen LogP contribution in [-0.2, 0) is 32.6 Å². The zero-order valence-corrected chi connectivity index (χ0v) is 24.8. The molecule has 214 valence electrons. The zero-order valence-electron chi connectivity index (χ0n) is 23.9. The van der Waals surface area contributed by atoms with Crippen molar-refractivity contribution in [3.63, 3.8) is 0 Å². The van der Waals surface area contributed by atoms with Gasteiger partial charge in [0.05, 0.1) is 11.4 Å². The molecule has 0 bridgehead atoms. The van der Waals surface area contributed by atoms with Crippen molar-refractivity contribution in [2.45, 2.75) is 50.7 Å². The summed E-state index contributed by atoms with van der Waals surface area (Å²) in [7, 11) is -2.58. The third kappa shape index (κ3) is 7.39. The first-order valence-electron chi connectivity index (χ1n) is 13.7. The molecule has 0 saturated carbocycles. The maximum absolute atomic E-state index is 14.0. The second-order valence-electron chi connectivity index (χ2n) is 10.6. The molecule has 4 aromatic rings. The van der Waals surface area contributed by atoms with Gasteiger partial charge in [-0.05, 0) is 60.4 Å². The topological polar surface area (TPSA) is 86.8 Å². The summed E-state index contributed by atoms with van der Waals surface area (Å²) >= 11 is 0. The molecule has 0 heterocycles. The fraction of sp³-hybridized carbons (Fsp3) is 0.273. The van der Waals surface area contributed by atoms with Crippen molar-refractivity contribution in [3.8, 4) is 0 Å². The van der Waals surface area contributed by atoms with E-state index in [1.54, 1.807) is 18.2 Å². The van der Waals surface area contributed by atoms with Crippen molar-refractivity contribution >= 4 is 32.6 Å². The van der Waals surface area contributed by atoms with E-state index in [2.05, 4.69) is 5.32 Å². The lowest BCUT2D eigenvalue weighted by Gasteiger charge is -2.33. The van der Waals surface area contributed by atoms with Crippen LogP contribution in [0.1, 0.15) is 30.5 Å². The summed E-state index contributed by atoms with van der Waals surface area (Å²) in [6.07, 6.45) is 0.290. The Hall–Kier alpha value is -4.01. The lowest BCUT2D eigenvalue weighted by molar-refractivity contribution is -0.141. The van der Waals surface area contributed by atoms with Crippen molar-refractivity contribution < 1.29 is 18.0 Å². The van der Waals surface area contributed by atoms with Gasteiger partial charge >= 0.3 is 0 Å². The minimum atomic E-state index is -3.98. The molecule has 4 rings (SSSR count). The second-order valence-corrected chi connectivity index (χ2v) is 12.6. The van der Waals surface area contributed by atoms with E-state index in [1.807, 2.05) is 99.6 Å². The molecule has 0 aliphatic heterocycles. The van der Waals surface area contributed by atoms with E-state index in [-0.39, 0.29) is 29.8 Å². The van der Waals surface area contributed by atoms with Crippen LogP contribution in [0.15, 0.2) is 102 Å². The number of carbonyl (C=O) groups excluding carboxylic acids is 2. The van der Waals surface area contributed by atoms with Gasteiger partial charge in [-0.15, -0.1) is 0 Å². The number of carbonyl (C=O) groups is 2. The maximum Gasteiger partial charge on any atom is 0.243 e. The molecule has 1 atom stereocenters. The van der Waals surface area contributed by atoms with Gasteiger partial charge in [0.15, 0.2) is 0 Å². The lowest BCUT2D eigenvalue weighted by Crippen LogP contribution is -2.54. The second kappa shape index (κ2) is 13.1. The average molecular weight is 572 g/mol. The molecule has 0 fully saturated rings. The monoisotopic (exact) mass is 571 g/mol. The molecule has 41 heavy (non-hydrogen) atoms. The molecule has 0 spiro atoms. The fourth-order valence-corrected chi connectivity index (χ4v) is 5.94. The normalized spacial score (nSPS) is 12.4. The molecule has 0 saturated heterocycles. The van der Waals surface area contributed by atoms with Crippen molar-refractivity contribution in [1.29, 1.82) is 0 Å². The number of hydrogen-bond acceptors (Lipinski definition) is 4. The van der Waals surface area contributed by atoms with E-state index in [0.29, 0.717) is 0 Å². The van der Waals surface area contributed by atoms with Crippen molar-refractivity contribution in [1.82, 2.24) is 14.5 Å². The van der Waals surface area contributed by atoms with E-state index in [0.717, 1.165) is 31.8 Å². The van der Waals surface area contributed by atoms with E-state index >= 15 is 0 Å². The summed E-state index contributed by atoms with van der Waals surface area (Å²) in [5.74, 6) is -0.745. The highest BCUT2D eigenvalue weighted by atomic mass is 32.2. The molecule has 8 heteroatoms. The Balaban J connectivity index is 1.68. The van der Waals surface area contributed by atoms with Crippen LogP contribution in [0.25, 0.3) is 10.8 Å². The van der Waals surface area contributed by atoms with Crippen LogP contribution in [-0.4, -0.2) is 55.1 Å². The van der Waals surface area contributed by atoms with Crippen LogP contribution in [0.4, 0.5) is 0 Å². The molecular weight excluding hydrogens is 534 g/mol. The summed E-state index contributed by atoms with van der Waals surface area (Å²) in [5, 5.41) is 4.68. The van der Waals surface area contributed by atoms with Gasteiger partial charge in [-0.3, -0.25) is 9.59 Å². The SMILES string of the molecule is Cc1ccccc1CN(C(=O)CN(C)S(=O)(=O)c1ccc2ccccc2c1)[C@@H](Cc1ccccc1)C(=O)NC(C)C. The van der Waals surface area contributed by atoms with Crippen LogP contribution in [0.2, 0.25) is 0 Å². The number of aryl methyl sites for hydroxylation is 1. The van der Waals surface area contributed by atoms with Gasteiger partial charge in [-0.1, -0.05) is 84.9 Å². The largest absolute Gasteiger partial charge is 0.352 e. The van der Waals surface area contributed by atoms with Crippen LogP contribution in [0, 0.1) is 6.92 Å². The van der Waals surface area contributed by atoms with Gasteiger partial charge in [-0.2, -0.15) is 4.31 Å². The van der Waals surface area contributed by atoms with E-state index in [9.17, 15) is 18.0 Å². The summed E-state index contributed by atoms with van der Waals surface area (Å²) in [6.45, 7) is 5.44. The van der Waals surface area contributed by atoms with Crippen molar-refractivity contribution in [3.05, 3.63) is 114 Å². The summed E-state index contributed by atoms with van der Waals surface area (Å²) in [4.78, 5) is 29.2. The van der Waals surface area contributed by atoms with Crippen molar-refractivity contribution in [2.75, 3.05) is 13.6 Å². The van der Waals surface area contributed by atoms with Crippen LogP contribution < -0.4 is 5.32 Å². The molecular formula is C33H37N3O4S. The summed E-state index contributed by atoms with van der Waals surface area (Å²) in [6, 6.07) is 28.7. The Bertz CT molecular complexity index is 1620. The number of benzene rings is 4. The Morgan fingerprint density at radius 2 is 1.46 bits per heavy atom. The Morgan fingerprint density at radius 3 is 2.15 bits per heavy atom. The molecule has 0 aliphatic carbocycles. The Labute approximate surface area is 242 Å². The van der Waals surface area contributed by atoms with Gasteiger partial charge in [0.1, 0.15) is 6.04 Å². The lowest BCUT2D eigenvalue weighted by atomic mass is 10.0. The Morgan fingerprint density at radius 1 is 0.829 bits per heavy atom. The molecule has 1 N–H and O–H groups in total. The number of fused-ring (bicyclic) bond motifs is 1. The quantitative estimate of drug-likeness (QED) is 0.277. The standard InChI is InChI=1S/C33H37N3O4S/c1-24(2)34-33(38)31(20-26-13-6-5-7-14-26)36(22-29-17-9-8-12-25(29)3)32(37)23-35(4)41(39,40)30-19-18-27-15-10-11-16-28(27)21-30/h5-19,21,24,31H,20,22-23H2,1-4H3,(H,34,38)/t31-/m0/s1. The fourth-order valence-electron chi connectivity index (χ4n) is 4.78. The first-order chi connectivity index (χ1) is 19.6. The number of hydrogen-bond donors (Lipinski definition) is 1. The maximum atomic E-state index is 14.0. The number of amides is 2. The highest BCUT2D eigenvalue weighted by Gasteiger charge is 2.33. The molecule has 0 unspecified atom stereocenters. The number of nitrogens with one attached hydrogen (secondary N) is 1. The molecule has 7 nitrogen and oxygen atoms in total. The van der Waals surface area contributed by atoms with Gasteiger partial charge in [-0.25, -0.2) is 8.42 Å². The smallest absolute Gasteiger partial charge is 0.243 e. The minimum absolute atomic E-state index is 0.107. The molecule has 0 aromatic heterocycles. The third-order valence-electron chi connectivity index (χ3n) is 7.09. The Kier molecular flexibility index (Phi) is 9.57. The average Bonchev–Trinajstić information content (AvgIpc) is 2.95. The van der Waals surface area contributed by atoms with Gasteiger partial charge < -0.3 is 10.2 Å². The first-order valence-corrected chi connectivity index (χ1v) is 15.1. The molecule has 0 radical (unpaired) electrons. The third-order valence-corrected chi connectivity index (χ3v) is 8.89. The van der Waals surface area contributed by atoms with Gasteiger partial charge in [0, 0.05) is 26.1 Å². The minimum Gasteiger partial charge on any atom is -0.352 e. The van der Waals surface area contributed by atoms with Crippen molar-refractivity contribution in [2.24, 2.45) is 0 Å². The highest BCUT2D eigenvalue weighted by molar-refractivity contribution is 7.89. The number of sulfonamides is 1. The predicted octanol–water partition coefficient (Wildman–Crippen LogP) is 4.93. The molecule has 4 aromatic carbocycles. The first kappa shape index (κ1) is 30.0. The van der Waals surface area contributed by atoms with Crippen LogP contribution >= 0.6 is 0 Å². The molecule has 2 amide bonds. The van der Waals surface area contributed by atoms with E-state index in [4.69, 9.17) is 0 Å².